The smallest absolute Gasteiger partial charge is 0.254 e. The molecule has 2 aliphatic rings. The van der Waals surface area contributed by atoms with Crippen LogP contribution in [0.5, 0.6) is 5.75 Å². The summed E-state index contributed by atoms with van der Waals surface area (Å²) in [5.74, 6) is 0.935. The number of nitrogens with one attached hydrogen (secondary N) is 2. The van der Waals surface area contributed by atoms with Crippen LogP contribution in [0, 0.1) is 0 Å². The molecule has 2 atom stereocenters. The Kier molecular flexibility index (Phi) is 4.84. The average Bonchev–Trinajstić information content (AvgIpc) is 3.55. The Labute approximate surface area is 191 Å². The molecule has 1 unspecified atom stereocenters. The van der Waals surface area contributed by atoms with Gasteiger partial charge in [0.1, 0.15) is 5.75 Å². The third-order valence-corrected chi connectivity index (χ3v) is 6.74. The van der Waals surface area contributed by atoms with Crippen LogP contribution in [0.4, 0.5) is 0 Å². The van der Waals surface area contributed by atoms with Gasteiger partial charge < -0.3 is 15.3 Å². The number of aromatic nitrogens is 3. The summed E-state index contributed by atoms with van der Waals surface area (Å²) in [7, 11) is 0. The molecule has 6 rings (SSSR count). The summed E-state index contributed by atoms with van der Waals surface area (Å²) < 4.78 is 0. The molecule has 0 spiro atoms. The predicted molar refractivity (Wildman–Crippen MR) is 126 cm³/mol. The molecule has 4 aromatic rings. The lowest BCUT2D eigenvalue weighted by atomic mass is 10.0. The highest BCUT2D eigenvalue weighted by Gasteiger charge is 2.42. The van der Waals surface area contributed by atoms with E-state index >= 15 is 0 Å². The number of phenols is 1. The molecule has 1 saturated carbocycles. The Morgan fingerprint density at radius 3 is 2.52 bits per heavy atom. The van der Waals surface area contributed by atoms with Crippen LogP contribution in [0.3, 0.4) is 0 Å². The highest BCUT2D eigenvalue weighted by molar-refractivity contribution is 6.07. The third-order valence-electron chi connectivity index (χ3n) is 6.74. The van der Waals surface area contributed by atoms with Gasteiger partial charge in [0, 0.05) is 43.4 Å². The molecular weight excluding hydrogens is 414 g/mol. The van der Waals surface area contributed by atoms with Gasteiger partial charge in [0.2, 0.25) is 0 Å². The number of aromatic amines is 1. The Hall–Kier alpha value is -3.71. The van der Waals surface area contributed by atoms with Crippen molar-refractivity contribution in [3.63, 3.8) is 0 Å². The first-order chi connectivity index (χ1) is 16.2. The standard InChI is InChI=1S/C26H25N5O2/c32-18-8-6-17(7-9-18)22-15-21(26(33)31-12-10-27-11-13-31)23-24(29-30-25(23)28-22)20-14-19(20)16-4-2-1-3-5-16/h1-9,15,19-20,27,32H,10-14H2,(H,28,29,30)/t19-,20?/m1/s1. The SMILES string of the molecule is O=C(c1cc(-c2ccc(O)cc2)nc2n[nH]c(C3C[C@@H]3c3ccccc3)c12)N1CCNCC1. The van der Waals surface area contributed by atoms with E-state index in [1.807, 2.05) is 29.2 Å². The number of benzene rings is 2. The highest BCUT2D eigenvalue weighted by atomic mass is 16.3. The van der Waals surface area contributed by atoms with Gasteiger partial charge in [0.05, 0.1) is 16.6 Å². The average molecular weight is 440 g/mol. The molecule has 3 N–H and O–H groups in total. The van der Waals surface area contributed by atoms with E-state index in [0.717, 1.165) is 36.2 Å². The zero-order chi connectivity index (χ0) is 22.4. The summed E-state index contributed by atoms with van der Waals surface area (Å²) in [5, 5.41) is 21.6. The minimum atomic E-state index is 0.0171. The van der Waals surface area contributed by atoms with Crippen molar-refractivity contribution in [2.24, 2.45) is 0 Å². The summed E-state index contributed by atoms with van der Waals surface area (Å²) >= 11 is 0. The number of amides is 1. The number of pyridine rings is 1. The molecule has 2 aromatic heterocycles. The molecule has 7 nitrogen and oxygen atoms in total. The van der Waals surface area contributed by atoms with Crippen molar-refractivity contribution in [3.8, 4) is 17.0 Å². The summed E-state index contributed by atoms with van der Waals surface area (Å²) in [5.41, 5.74) is 5.04. The number of carbonyl (C=O) groups excluding carboxylic acids is 1. The molecule has 2 fully saturated rings. The van der Waals surface area contributed by atoms with Gasteiger partial charge in [-0.15, -0.1) is 0 Å². The van der Waals surface area contributed by atoms with Crippen LogP contribution in [0.25, 0.3) is 22.3 Å². The number of H-pyrrole nitrogens is 1. The molecule has 0 radical (unpaired) electrons. The van der Waals surface area contributed by atoms with E-state index in [1.165, 1.54) is 5.56 Å². The van der Waals surface area contributed by atoms with E-state index in [1.54, 1.807) is 12.1 Å². The Morgan fingerprint density at radius 2 is 1.76 bits per heavy atom. The molecule has 33 heavy (non-hydrogen) atoms. The van der Waals surface area contributed by atoms with Crippen LogP contribution in [0.15, 0.2) is 60.7 Å². The van der Waals surface area contributed by atoms with Crippen molar-refractivity contribution in [2.75, 3.05) is 26.2 Å². The molecule has 3 heterocycles. The lowest BCUT2D eigenvalue weighted by Gasteiger charge is -2.27. The quantitative estimate of drug-likeness (QED) is 0.451. The fraction of sp³-hybridized carbons (Fsp3) is 0.269. The Bertz CT molecular complexity index is 1310. The summed E-state index contributed by atoms with van der Waals surface area (Å²) in [4.78, 5) is 20.4. The lowest BCUT2D eigenvalue weighted by molar-refractivity contribution is 0.0737. The molecule has 166 valence electrons. The maximum Gasteiger partial charge on any atom is 0.254 e. The normalized spacial score (nSPS) is 20.2. The number of aromatic hydroxyl groups is 1. The van der Waals surface area contributed by atoms with Crippen molar-refractivity contribution >= 4 is 16.9 Å². The van der Waals surface area contributed by atoms with Gasteiger partial charge in [-0.2, -0.15) is 5.10 Å². The number of carbonyl (C=O) groups is 1. The van der Waals surface area contributed by atoms with Gasteiger partial charge in [0.15, 0.2) is 5.65 Å². The van der Waals surface area contributed by atoms with E-state index in [-0.39, 0.29) is 11.7 Å². The largest absolute Gasteiger partial charge is 0.508 e. The lowest BCUT2D eigenvalue weighted by Crippen LogP contribution is -2.46. The summed E-state index contributed by atoms with van der Waals surface area (Å²) in [6, 6.07) is 19.3. The maximum atomic E-state index is 13.7. The second-order valence-corrected chi connectivity index (χ2v) is 8.84. The van der Waals surface area contributed by atoms with Crippen LogP contribution in [0.2, 0.25) is 0 Å². The molecule has 1 aliphatic carbocycles. The summed E-state index contributed by atoms with van der Waals surface area (Å²) in [6.07, 6.45) is 1.03. The van der Waals surface area contributed by atoms with E-state index in [4.69, 9.17) is 4.98 Å². The zero-order valence-electron chi connectivity index (χ0n) is 18.2. The maximum absolute atomic E-state index is 13.7. The third kappa shape index (κ3) is 3.64. The zero-order valence-corrected chi connectivity index (χ0v) is 18.2. The van der Waals surface area contributed by atoms with Gasteiger partial charge in [-0.1, -0.05) is 30.3 Å². The van der Waals surface area contributed by atoms with Gasteiger partial charge in [-0.3, -0.25) is 9.89 Å². The van der Waals surface area contributed by atoms with Gasteiger partial charge in [0.25, 0.3) is 5.91 Å². The van der Waals surface area contributed by atoms with Crippen molar-refractivity contribution in [2.45, 2.75) is 18.3 Å². The van der Waals surface area contributed by atoms with Crippen LogP contribution < -0.4 is 5.32 Å². The minimum absolute atomic E-state index is 0.0171. The van der Waals surface area contributed by atoms with E-state index in [2.05, 4.69) is 39.8 Å². The topological polar surface area (TPSA) is 94.1 Å². The summed E-state index contributed by atoms with van der Waals surface area (Å²) in [6.45, 7) is 2.95. The number of rotatable bonds is 4. The van der Waals surface area contributed by atoms with Crippen LogP contribution in [-0.2, 0) is 0 Å². The fourth-order valence-electron chi connectivity index (χ4n) is 4.89. The van der Waals surface area contributed by atoms with Crippen LogP contribution >= 0.6 is 0 Å². The van der Waals surface area contributed by atoms with E-state index in [9.17, 15) is 9.90 Å². The van der Waals surface area contributed by atoms with Crippen molar-refractivity contribution in [3.05, 3.63) is 77.5 Å². The van der Waals surface area contributed by atoms with Crippen LogP contribution in [0.1, 0.15) is 39.9 Å². The van der Waals surface area contributed by atoms with Gasteiger partial charge in [-0.25, -0.2) is 4.98 Å². The van der Waals surface area contributed by atoms with Crippen molar-refractivity contribution < 1.29 is 9.90 Å². The van der Waals surface area contributed by atoms with E-state index in [0.29, 0.717) is 41.8 Å². The number of fused-ring (bicyclic) bond motifs is 1. The fourth-order valence-corrected chi connectivity index (χ4v) is 4.89. The molecule has 1 saturated heterocycles. The van der Waals surface area contributed by atoms with Gasteiger partial charge in [-0.05, 0) is 48.2 Å². The second-order valence-electron chi connectivity index (χ2n) is 8.84. The monoisotopic (exact) mass is 439 g/mol. The Balaban J connectivity index is 1.45. The second kappa shape index (κ2) is 8.01. The first-order valence-electron chi connectivity index (χ1n) is 11.4. The Morgan fingerprint density at radius 1 is 1.00 bits per heavy atom. The number of piperazine rings is 1. The molecule has 0 bridgehead atoms. The molecular formula is C26H25N5O2. The van der Waals surface area contributed by atoms with E-state index < -0.39 is 0 Å². The highest BCUT2D eigenvalue weighted by Crippen LogP contribution is 2.55. The first kappa shape index (κ1) is 19.9. The molecule has 1 amide bonds. The van der Waals surface area contributed by atoms with Crippen molar-refractivity contribution in [1.82, 2.24) is 25.4 Å². The molecule has 1 aliphatic heterocycles. The number of phenolic OH excluding ortho intramolecular Hbond substituents is 1. The minimum Gasteiger partial charge on any atom is -0.508 e. The first-order valence-corrected chi connectivity index (χ1v) is 11.4. The molecule has 7 heteroatoms. The van der Waals surface area contributed by atoms with Gasteiger partial charge >= 0.3 is 0 Å². The predicted octanol–water partition coefficient (Wildman–Crippen LogP) is 3.65. The number of hydrogen-bond donors (Lipinski definition) is 3. The number of hydrogen-bond acceptors (Lipinski definition) is 5. The molecule has 2 aromatic carbocycles. The van der Waals surface area contributed by atoms with Crippen LogP contribution in [-0.4, -0.2) is 57.3 Å². The van der Waals surface area contributed by atoms with Crippen molar-refractivity contribution in [1.29, 1.82) is 0 Å². The number of nitrogens with zero attached hydrogens (tertiary/aromatic N) is 3.